The molecule has 268 valence electrons. The summed E-state index contributed by atoms with van der Waals surface area (Å²) in [6.07, 6.45) is 11.2. The van der Waals surface area contributed by atoms with Gasteiger partial charge in [-0.1, -0.05) is 30.3 Å². The van der Waals surface area contributed by atoms with Gasteiger partial charge in [0, 0.05) is 68.4 Å². The second kappa shape index (κ2) is 15.2. The van der Waals surface area contributed by atoms with Crippen LogP contribution in [0.25, 0.3) is 0 Å². The van der Waals surface area contributed by atoms with Crippen molar-refractivity contribution in [2.75, 3.05) is 43.1 Å². The number of hydrogen-bond acceptors (Lipinski definition) is 9. The third-order valence-corrected chi connectivity index (χ3v) is 11.2. The Hall–Kier alpha value is -4.22. The Bertz CT molecular complexity index is 1830. The number of anilines is 1. The Morgan fingerprint density at radius 1 is 1.08 bits per heavy atom. The lowest BCUT2D eigenvalue weighted by Crippen LogP contribution is -2.65. The number of carbonyl (C=O) groups excluding carboxylic acids is 1. The molecule has 2 aromatic carbocycles. The van der Waals surface area contributed by atoms with E-state index >= 15 is 0 Å². The Morgan fingerprint density at radius 2 is 1.88 bits per heavy atom. The first-order valence-corrected chi connectivity index (χ1v) is 19.4. The molecule has 2 aromatic heterocycles. The summed E-state index contributed by atoms with van der Waals surface area (Å²) < 4.78 is 27.5. The van der Waals surface area contributed by atoms with E-state index in [1.54, 1.807) is 11.1 Å². The van der Waals surface area contributed by atoms with E-state index in [0.29, 0.717) is 18.1 Å². The topological polar surface area (TPSA) is 83.9 Å². The van der Waals surface area contributed by atoms with Gasteiger partial charge in [-0.05, 0) is 81.9 Å². The maximum Gasteiger partial charge on any atom is 0.257 e. The summed E-state index contributed by atoms with van der Waals surface area (Å²) in [4.78, 5) is 33.5. The highest BCUT2D eigenvalue weighted by molar-refractivity contribution is 7.98. The van der Waals surface area contributed by atoms with Gasteiger partial charge in [0.05, 0.1) is 17.5 Å². The second-order valence-corrected chi connectivity index (χ2v) is 15.3. The Morgan fingerprint density at radius 3 is 2.63 bits per heavy atom. The molecular formula is C40H47FN6O3S. The third kappa shape index (κ3) is 7.42. The number of rotatable bonds is 13. The maximum absolute atomic E-state index is 14.4. The summed E-state index contributed by atoms with van der Waals surface area (Å²) in [6, 6.07) is 17.1. The first-order valence-electron chi connectivity index (χ1n) is 18.0. The van der Waals surface area contributed by atoms with Crippen LogP contribution in [0.3, 0.4) is 0 Å². The number of fused-ring (bicyclic) bond motifs is 1. The number of amides is 1. The molecule has 11 heteroatoms. The minimum Gasteiger partial charge on any atom is -0.490 e. The molecule has 0 bridgehead atoms. The fourth-order valence-corrected chi connectivity index (χ4v) is 8.50. The highest BCUT2D eigenvalue weighted by atomic mass is 32.2. The van der Waals surface area contributed by atoms with Crippen molar-refractivity contribution in [2.45, 2.75) is 71.2 Å². The SMILES string of the molecule is CCN(C(=O)c1cc(F)ccc1Oc1cncnc1N1CC2(CC(Oc3ccnc4c3C(CCSC)N(Cc3ccccc3)CC4)C2)C1)C(C)C. The number of carbonyl (C=O) groups is 1. The molecule has 7 rings (SSSR count). The van der Waals surface area contributed by atoms with E-state index in [2.05, 4.69) is 62.4 Å². The molecule has 1 saturated heterocycles. The molecule has 9 nitrogen and oxygen atoms in total. The van der Waals surface area contributed by atoms with Gasteiger partial charge in [0.1, 0.15) is 29.7 Å². The molecule has 51 heavy (non-hydrogen) atoms. The van der Waals surface area contributed by atoms with Crippen molar-refractivity contribution >= 4 is 23.5 Å². The number of benzene rings is 2. The van der Waals surface area contributed by atoms with Crippen LogP contribution in [-0.4, -0.2) is 81.0 Å². The Balaban J connectivity index is 1.02. The number of aromatic nitrogens is 3. The highest BCUT2D eigenvalue weighted by Gasteiger charge is 2.54. The summed E-state index contributed by atoms with van der Waals surface area (Å²) in [7, 11) is 0. The quantitative estimate of drug-likeness (QED) is 0.140. The van der Waals surface area contributed by atoms with E-state index in [0.717, 1.165) is 63.4 Å². The second-order valence-electron chi connectivity index (χ2n) is 14.3. The molecule has 3 aliphatic rings. The van der Waals surface area contributed by atoms with Crippen molar-refractivity contribution in [3.8, 4) is 17.2 Å². The number of thioether (sulfide) groups is 1. The van der Waals surface area contributed by atoms with Crippen LogP contribution in [0, 0.1) is 11.2 Å². The van der Waals surface area contributed by atoms with E-state index in [4.69, 9.17) is 14.5 Å². The van der Waals surface area contributed by atoms with E-state index in [-0.39, 0.29) is 40.8 Å². The fourth-order valence-electron chi connectivity index (χ4n) is 8.04. The normalized spacial score (nSPS) is 18.2. The van der Waals surface area contributed by atoms with E-state index in [9.17, 15) is 9.18 Å². The summed E-state index contributed by atoms with van der Waals surface area (Å²) in [5.41, 5.74) is 4.09. The van der Waals surface area contributed by atoms with E-state index in [1.807, 2.05) is 38.7 Å². The zero-order chi connectivity index (χ0) is 35.5. The molecular weight excluding hydrogens is 664 g/mol. The summed E-state index contributed by atoms with van der Waals surface area (Å²) >= 11 is 1.89. The molecule has 0 radical (unpaired) electrons. The number of ether oxygens (including phenoxy) is 2. The minimum absolute atomic E-state index is 0.0401. The molecule has 2 aliphatic heterocycles. The van der Waals surface area contributed by atoms with Crippen molar-refractivity contribution in [3.63, 3.8) is 0 Å². The monoisotopic (exact) mass is 710 g/mol. The van der Waals surface area contributed by atoms with Crippen LogP contribution in [0.2, 0.25) is 0 Å². The maximum atomic E-state index is 14.4. The summed E-state index contributed by atoms with van der Waals surface area (Å²) in [6.45, 7) is 9.84. The standard InChI is InChI=1S/C40H47FN6O3S/c1-5-47(27(2)3)39(48)31-19-29(41)11-12-34(31)50-36-22-42-26-44-38(36)46-24-40(25-46)20-30(21-40)49-35-13-16-43-32-14-17-45(23-28-9-7-6-8-10-28)33(37(32)35)15-18-51-4/h6-13,16,19,22,26-27,30,33H,5,14-15,17-18,20-21,23-25H2,1-4H3. The number of halogens is 1. The first-order chi connectivity index (χ1) is 24.8. The van der Waals surface area contributed by atoms with Crippen LogP contribution in [-0.2, 0) is 13.0 Å². The smallest absolute Gasteiger partial charge is 0.257 e. The predicted molar refractivity (Wildman–Crippen MR) is 199 cm³/mol. The van der Waals surface area contributed by atoms with Gasteiger partial charge in [0.25, 0.3) is 5.91 Å². The zero-order valence-electron chi connectivity index (χ0n) is 29.9. The van der Waals surface area contributed by atoms with Gasteiger partial charge < -0.3 is 19.3 Å². The molecule has 1 spiro atoms. The average Bonchev–Trinajstić information content (AvgIpc) is 3.10. The van der Waals surface area contributed by atoms with Crippen molar-refractivity contribution in [3.05, 3.63) is 102 Å². The molecule has 4 aromatic rings. The van der Waals surface area contributed by atoms with Crippen molar-refractivity contribution < 1.29 is 18.7 Å². The molecule has 2 fully saturated rings. The molecule has 1 amide bonds. The largest absolute Gasteiger partial charge is 0.490 e. The van der Waals surface area contributed by atoms with E-state index in [1.165, 1.54) is 41.3 Å². The lowest BCUT2D eigenvalue weighted by Gasteiger charge is -2.59. The first kappa shape index (κ1) is 35.2. The molecule has 1 atom stereocenters. The fraction of sp³-hybridized carbons (Fsp3) is 0.450. The Labute approximate surface area is 304 Å². The molecule has 1 aliphatic carbocycles. The zero-order valence-corrected chi connectivity index (χ0v) is 30.7. The van der Waals surface area contributed by atoms with Gasteiger partial charge in [-0.2, -0.15) is 11.8 Å². The van der Waals surface area contributed by atoms with Crippen LogP contribution < -0.4 is 14.4 Å². The van der Waals surface area contributed by atoms with Crippen LogP contribution in [0.5, 0.6) is 17.2 Å². The number of pyridine rings is 1. The number of hydrogen-bond donors (Lipinski definition) is 0. The molecule has 1 unspecified atom stereocenters. The van der Waals surface area contributed by atoms with Crippen LogP contribution in [0.15, 0.2) is 73.3 Å². The molecule has 0 N–H and O–H groups in total. The summed E-state index contributed by atoms with van der Waals surface area (Å²) in [5, 5.41) is 0. The predicted octanol–water partition coefficient (Wildman–Crippen LogP) is 7.57. The van der Waals surface area contributed by atoms with Gasteiger partial charge in [0.2, 0.25) is 0 Å². The lowest BCUT2D eigenvalue weighted by atomic mass is 9.61. The Kier molecular flexibility index (Phi) is 10.5. The van der Waals surface area contributed by atoms with Gasteiger partial charge in [-0.15, -0.1) is 0 Å². The molecule has 4 heterocycles. The average molecular weight is 711 g/mol. The van der Waals surface area contributed by atoms with Gasteiger partial charge in [-0.25, -0.2) is 14.4 Å². The number of nitrogens with zero attached hydrogens (tertiary/aromatic N) is 6. The van der Waals surface area contributed by atoms with Crippen molar-refractivity contribution in [1.29, 1.82) is 0 Å². The molecule has 1 saturated carbocycles. The third-order valence-electron chi connectivity index (χ3n) is 10.5. The van der Waals surface area contributed by atoms with Crippen LogP contribution in [0.4, 0.5) is 10.2 Å². The summed E-state index contributed by atoms with van der Waals surface area (Å²) in [5.74, 6) is 2.67. The van der Waals surface area contributed by atoms with Gasteiger partial charge >= 0.3 is 0 Å². The lowest BCUT2D eigenvalue weighted by molar-refractivity contribution is -0.0357. The van der Waals surface area contributed by atoms with Crippen LogP contribution in [0.1, 0.15) is 73.3 Å². The van der Waals surface area contributed by atoms with Crippen molar-refractivity contribution in [1.82, 2.24) is 24.8 Å². The van der Waals surface area contributed by atoms with Gasteiger partial charge in [-0.3, -0.25) is 14.7 Å². The van der Waals surface area contributed by atoms with Gasteiger partial charge in [0.15, 0.2) is 11.6 Å². The van der Waals surface area contributed by atoms with Crippen molar-refractivity contribution in [2.24, 2.45) is 5.41 Å². The van der Waals surface area contributed by atoms with E-state index < -0.39 is 5.82 Å². The van der Waals surface area contributed by atoms with Crippen LogP contribution >= 0.6 is 11.8 Å². The minimum atomic E-state index is -0.492. The highest BCUT2D eigenvalue weighted by Crippen LogP contribution is 2.52.